The summed E-state index contributed by atoms with van der Waals surface area (Å²) >= 11 is 0. The highest BCUT2D eigenvalue weighted by Gasteiger charge is 2.17. The predicted molar refractivity (Wildman–Crippen MR) is 207 cm³/mol. The largest absolute Gasteiger partial charge is 0.394 e. The Hall–Kier alpha value is -1.91. The second-order valence-electron chi connectivity index (χ2n) is 13.3. The van der Waals surface area contributed by atoms with Crippen LogP contribution in [0, 0.1) is 0 Å². The van der Waals surface area contributed by atoms with E-state index in [1.165, 1.54) is 109 Å². The number of nitrogens with one attached hydrogen (secondary N) is 1. The van der Waals surface area contributed by atoms with Crippen molar-refractivity contribution in [3.8, 4) is 0 Å². The van der Waals surface area contributed by atoms with Gasteiger partial charge >= 0.3 is 0 Å². The molecule has 0 bridgehead atoms. The zero-order valence-electron chi connectivity index (χ0n) is 31.0. The first-order chi connectivity index (χ1) is 23.2. The first-order valence-electron chi connectivity index (χ1n) is 20.0. The lowest BCUT2D eigenvalue weighted by Crippen LogP contribution is -2.45. The summed E-state index contributed by atoms with van der Waals surface area (Å²) in [5, 5.41) is 22.9. The summed E-state index contributed by atoms with van der Waals surface area (Å²) in [4.78, 5) is 12.3. The van der Waals surface area contributed by atoms with Crippen molar-refractivity contribution in [2.24, 2.45) is 0 Å². The first-order valence-corrected chi connectivity index (χ1v) is 20.0. The van der Waals surface area contributed by atoms with Crippen molar-refractivity contribution in [1.82, 2.24) is 5.32 Å². The van der Waals surface area contributed by atoms with Crippen LogP contribution in [0.25, 0.3) is 0 Å². The van der Waals surface area contributed by atoms with E-state index in [9.17, 15) is 15.0 Å². The van der Waals surface area contributed by atoms with Gasteiger partial charge in [0.1, 0.15) is 0 Å². The number of carbonyl (C=O) groups is 1. The standard InChI is InChI=1S/C43H77NO3/c1-3-5-7-9-11-13-15-17-19-20-21-22-23-25-26-28-30-32-34-36-38-42(46)41(40-45)44-43(47)39-37-35-33-31-29-27-24-18-16-14-12-10-8-6-4-2/h6,8,12,14,18,24,29,31,36,38,41-42,45-46H,3-5,7,9-11,13,15-17,19-23,25-28,30,32-35,37,39-40H2,1-2H3,(H,44,47)/b8-6-,14-12-,24-18-,31-29-,38-36+. The molecule has 0 heterocycles. The fourth-order valence-electron chi connectivity index (χ4n) is 5.70. The highest BCUT2D eigenvalue weighted by Crippen LogP contribution is 2.15. The summed E-state index contributed by atoms with van der Waals surface area (Å²) in [6, 6.07) is -0.645. The van der Waals surface area contributed by atoms with Gasteiger partial charge in [0.25, 0.3) is 0 Å². The van der Waals surface area contributed by atoms with Crippen molar-refractivity contribution in [3.63, 3.8) is 0 Å². The third kappa shape index (κ3) is 35.2. The molecule has 0 aromatic heterocycles. The maximum atomic E-state index is 12.3. The third-order valence-electron chi connectivity index (χ3n) is 8.76. The zero-order chi connectivity index (χ0) is 34.3. The normalized spacial score (nSPS) is 13.7. The Labute approximate surface area is 292 Å². The summed E-state index contributed by atoms with van der Waals surface area (Å²) in [5.74, 6) is -0.106. The van der Waals surface area contributed by atoms with Gasteiger partial charge in [-0.25, -0.2) is 0 Å². The highest BCUT2D eigenvalue weighted by atomic mass is 16.3. The van der Waals surface area contributed by atoms with E-state index in [-0.39, 0.29) is 12.5 Å². The number of hydrogen-bond acceptors (Lipinski definition) is 3. The smallest absolute Gasteiger partial charge is 0.220 e. The second kappa shape index (κ2) is 38.5. The average Bonchev–Trinajstić information content (AvgIpc) is 3.07. The Morgan fingerprint density at radius 2 is 0.936 bits per heavy atom. The summed E-state index contributed by atoms with van der Waals surface area (Å²) < 4.78 is 0. The third-order valence-corrected chi connectivity index (χ3v) is 8.76. The monoisotopic (exact) mass is 656 g/mol. The Bertz CT molecular complexity index is 797. The molecule has 2 unspecified atom stereocenters. The first kappa shape index (κ1) is 45.1. The number of carbonyl (C=O) groups excluding carboxylic acids is 1. The lowest BCUT2D eigenvalue weighted by atomic mass is 10.0. The fraction of sp³-hybridized carbons (Fsp3) is 0.744. The van der Waals surface area contributed by atoms with Gasteiger partial charge in [0.05, 0.1) is 18.8 Å². The molecule has 0 aliphatic heterocycles. The highest BCUT2D eigenvalue weighted by molar-refractivity contribution is 5.76. The van der Waals surface area contributed by atoms with Crippen molar-refractivity contribution in [2.45, 2.75) is 199 Å². The molecule has 0 rings (SSSR count). The minimum absolute atomic E-state index is 0.106. The van der Waals surface area contributed by atoms with Crippen molar-refractivity contribution in [1.29, 1.82) is 0 Å². The van der Waals surface area contributed by atoms with Gasteiger partial charge in [-0.15, -0.1) is 0 Å². The van der Waals surface area contributed by atoms with Crippen molar-refractivity contribution in [2.75, 3.05) is 6.61 Å². The number of unbranched alkanes of at least 4 members (excludes halogenated alkanes) is 20. The van der Waals surface area contributed by atoms with E-state index in [0.29, 0.717) is 6.42 Å². The lowest BCUT2D eigenvalue weighted by molar-refractivity contribution is -0.123. The van der Waals surface area contributed by atoms with Crippen LogP contribution in [0.3, 0.4) is 0 Å². The number of aliphatic hydroxyl groups excluding tert-OH is 2. The number of rotatable bonds is 35. The molecule has 3 N–H and O–H groups in total. The van der Waals surface area contributed by atoms with Gasteiger partial charge < -0.3 is 15.5 Å². The van der Waals surface area contributed by atoms with E-state index in [1.54, 1.807) is 6.08 Å². The van der Waals surface area contributed by atoms with Gasteiger partial charge in [0.15, 0.2) is 0 Å². The molecule has 0 aliphatic rings. The van der Waals surface area contributed by atoms with Gasteiger partial charge in [-0.1, -0.05) is 184 Å². The molecule has 0 radical (unpaired) electrons. The van der Waals surface area contributed by atoms with Gasteiger partial charge in [0, 0.05) is 6.42 Å². The second-order valence-corrected chi connectivity index (χ2v) is 13.3. The Morgan fingerprint density at radius 1 is 0.532 bits per heavy atom. The Morgan fingerprint density at radius 3 is 1.40 bits per heavy atom. The molecule has 1 amide bonds. The van der Waals surface area contributed by atoms with Gasteiger partial charge in [-0.3, -0.25) is 4.79 Å². The molecule has 0 saturated carbocycles. The van der Waals surface area contributed by atoms with Crippen LogP contribution in [0.2, 0.25) is 0 Å². The molecule has 4 nitrogen and oxygen atoms in total. The van der Waals surface area contributed by atoms with E-state index in [0.717, 1.165) is 57.8 Å². The predicted octanol–water partition coefficient (Wildman–Crippen LogP) is 12.2. The van der Waals surface area contributed by atoms with Crippen LogP contribution in [0.5, 0.6) is 0 Å². The van der Waals surface area contributed by atoms with Gasteiger partial charge in [-0.05, 0) is 57.8 Å². The quantitative estimate of drug-likeness (QED) is 0.0470. The van der Waals surface area contributed by atoms with Crippen molar-refractivity contribution < 1.29 is 15.0 Å². The summed E-state index contributed by atoms with van der Waals surface area (Å²) in [6.07, 6.45) is 53.2. The summed E-state index contributed by atoms with van der Waals surface area (Å²) in [7, 11) is 0. The fourth-order valence-corrected chi connectivity index (χ4v) is 5.70. The number of hydrogen-bond donors (Lipinski definition) is 3. The van der Waals surface area contributed by atoms with E-state index in [4.69, 9.17) is 0 Å². The van der Waals surface area contributed by atoms with Crippen LogP contribution in [0.4, 0.5) is 0 Å². The molecule has 0 fully saturated rings. The van der Waals surface area contributed by atoms with E-state index < -0.39 is 12.1 Å². The zero-order valence-corrected chi connectivity index (χ0v) is 31.0. The van der Waals surface area contributed by atoms with Crippen LogP contribution >= 0.6 is 0 Å². The molecular weight excluding hydrogens is 578 g/mol. The molecule has 0 spiro atoms. The lowest BCUT2D eigenvalue weighted by Gasteiger charge is -2.19. The van der Waals surface area contributed by atoms with E-state index >= 15 is 0 Å². The molecule has 0 saturated heterocycles. The molecule has 272 valence electrons. The number of amides is 1. The molecule has 4 heteroatoms. The van der Waals surface area contributed by atoms with E-state index in [1.807, 2.05) is 6.08 Å². The van der Waals surface area contributed by atoms with Crippen LogP contribution in [0.1, 0.15) is 187 Å². The minimum atomic E-state index is -0.858. The van der Waals surface area contributed by atoms with Crippen molar-refractivity contribution in [3.05, 3.63) is 60.8 Å². The van der Waals surface area contributed by atoms with Crippen LogP contribution in [0.15, 0.2) is 60.8 Å². The maximum absolute atomic E-state index is 12.3. The molecule has 0 aromatic rings. The summed E-state index contributed by atoms with van der Waals surface area (Å²) in [5.41, 5.74) is 0. The van der Waals surface area contributed by atoms with Gasteiger partial charge in [0.2, 0.25) is 5.91 Å². The van der Waals surface area contributed by atoms with Crippen molar-refractivity contribution >= 4 is 5.91 Å². The average molecular weight is 656 g/mol. The molecular formula is C43H77NO3. The van der Waals surface area contributed by atoms with Gasteiger partial charge in [-0.2, -0.15) is 0 Å². The molecule has 47 heavy (non-hydrogen) atoms. The molecule has 0 aliphatic carbocycles. The topological polar surface area (TPSA) is 69.6 Å². The summed E-state index contributed by atoms with van der Waals surface area (Å²) in [6.45, 7) is 4.17. The Kier molecular flexibility index (Phi) is 37.0. The van der Waals surface area contributed by atoms with Crippen LogP contribution < -0.4 is 5.32 Å². The maximum Gasteiger partial charge on any atom is 0.220 e. The van der Waals surface area contributed by atoms with Crippen LogP contribution in [-0.2, 0) is 4.79 Å². The van der Waals surface area contributed by atoms with E-state index in [2.05, 4.69) is 67.8 Å². The van der Waals surface area contributed by atoms with Crippen LogP contribution in [-0.4, -0.2) is 34.9 Å². The molecule has 0 aromatic carbocycles. The number of allylic oxidation sites excluding steroid dienone is 9. The SMILES string of the molecule is CC/C=C\C/C=C\C/C=C\C/C=C\CCCCC(=O)NC(CO)C(O)/C=C/CCCCCCCCCCCCCCCCCCCC. The Balaban J connectivity index is 3.66. The minimum Gasteiger partial charge on any atom is -0.394 e. The number of aliphatic hydroxyl groups is 2. The molecule has 2 atom stereocenters.